The number of nitrogens with zero attached hydrogens (tertiary/aromatic N) is 2. The van der Waals surface area contributed by atoms with Gasteiger partial charge in [0, 0.05) is 38.0 Å². The first-order chi connectivity index (χ1) is 11.6. The average Bonchev–Trinajstić information content (AvgIpc) is 3.08. The van der Waals surface area contributed by atoms with Crippen LogP contribution in [0, 0.1) is 5.92 Å². The number of likely N-dealkylation sites (tertiary alicyclic amines) is 1. The first kappa shape index (κ1) is 18.3. The highest BCUT2D eigenvalue weighted by Gasteiger charge is 2.25. The summed E-state index contributed by atoms with van der Waals surface area (Å²) in [6.45, 7) is 9.94. The number of hydrogen-bond donors (Lipinski definition) is 2. The lowest BCUT2D eigenvalue weighted by molar-refractivity contribution is -0.123. The Labute approximate surface area is 145 Å². The summed E-state index contributed by atoms with van der Waals surface area (Å²) in [4.78, 5) is 18.6. The molecule has 0 saturated carbocycles. The summed E-state index contributed by atoms with van der Waals surface area (Å²) in [5.41, 5.74) is 1.40. The largest absolute Gasteiger partial charge is 0.357 e. The molecule has 5 nitrogen and oxygen atoms in total. The molecule has 1 aromatic carbocycles. The maximum Gasteiger partial charge on any atom is 0.222 e. The second-order valence-electron chi connectivity index (χ2n) is 6.52. The van der Waals surface area contributed by atoms with Gasteiger partial charge in [-0.05, 0) is 18.9 Å². The Morgan fingerprint density at radius 2 is 2.04 bits per heavy atom. The van der Waals surface area contributed by atoms with Crippen molar-refractivity contribution in [3.05, 3.63) is 35.9 Å². The molecule has 2 N–H and O–H groups in total. The summed E-state index contributed by atoms with van der Waals surface area (Å²) in [5, 5.41) is 6.28. The molecular formula is C19H30N4O. The van der Waals surface area contributed by atoms with E-state index in [-0.39, 0.29) is 11.8 Å². The molecule has 0 spiro atoms. The SMILES string of the molecule is CCNC(=NCCNC(=O)C(C)C)N1CCC(c2ccccc2)C1. The molecule has 1 saturated heterocycles. The van der Waals surface area contributed by atoms with Crippen molar-refractivity contribution >= 4 is 11.9 Å². The van der Waals surface area contributed by atoms with Gasteiger partial charge in [0.1, 0.15) is 0 Å². The quantitative estimate of drug-likeness (QED) is 0.478. The van der Waals surface area contributed by atoms with Crippen molar-refractivity contribution in [2.45, 2.75) is 33.1 Å². The van der Waals surface area contributed by atoms with Crippen molar-refractivity contribution < 1.29 is 4.79 Å². The Morgan fingerprint density at radius 3 is 2.71 bits per heavy atom. The minimum Gasteiger partial charge on any atom is -0.357 e. The first-order valence-corrected chi connectivity index (χ1v) is 8.97. The average molecular weight is 330 g/mol. The van der Waals surface area contributed by atoms with E-state index in [0.29, 0.717) is 19.0 Å². The van der Waals surface area contributed by atoms with Crippen molar-refractivity contribution in [2.75, 3.05) is 32.7 Å². The molecule has 24 heavy (non-hydrogen) atoms. The predicted molar refractivity (Wildman–Crippen MR) is 99.2 cm³/mol. The number of hydrogen-bond acceptors (Lipinski definition) is 2. The highest BCUT2D eigenvalue weighted by atomic mass is 16.1. The van der Waals surface area contributed by atoms with Gasteiger partial charge in [-0.2, -0.15) is 0 Å². The molecule has 0 aliphatic carbocycles. The Hall–Kier alpha value is -2.04. The van der Waals surface area contributed by atoms with E-state index >= 15 is 0 Å². The fraction of sp³-hybridized carbons (Fsp3) is 0.579. The summed E-state index contributed by atoms with van der Waals surface area (Å²) in [7, 11) is 0. The maximum absolute atomic E-state index is 11.6. The zero-order valence-electron chi connectivity index (χ0n) is 15.1. The van der Waals surface area contributed by atoms with Crippen molar-refractivity contribution in [2.24, 2.45) is 10.9 Å². The molecule has 1 fully saturated rings. The Bertz CT molecular complexity index is 542. The van der Waals surface area contributed by atoms with E-state index in [1.54, 1.807) is 0 Å². The summed E-state index contributed by atoms with van der Waals surface area (Å²) in [6.07, 6.45) is 1.15. The van der Waals surface area contributed by atoms with Crippen LogP contribution in [0.25, 0.3) is 0 Å². The lowest BCUT2D eigenvalue weighted by atomic mass is 9.99. The van der Waals surface area contributed by atoms with E-state index in [0.717, 1.165) is 32.0 Å². The van der Waals surface area contributed by atoms with Crippen molar-refractivity contribution in [1.29, 1.82) is 0 Å². The minimum atomic E-state index is 0.0208. The summed E-state index contributed by atoms with van der Waals surface area (Å²) in [5.74, 6) is 1.62. The maximum atomic E-state index is 11.6. The van der Waals surface area contributed by atoms with Crippen LogP contribution in [-0.4, -0.2) is 49.5 Å². The first-order valence-electron chi connectivity index (χ1n) is 8.97. The van der Waals surface area contributed by atoms with Crippen LogP contribution >= 0.6 is 0 Å². The molecule has 0 aromatic heterocycles. The lowest BCUT2D eigenvalue weighted by Gasteiger charge is -2.22. The van der Waals surface area contributed by atoms with Crippen LogP contribution in [0.2, 0.25) is 0 Å². The van der Waals surface area contributed by atoms with E-state index < -0.39 is 0 Å². The number of carbonyl (C=O) groups is 1. The number of amides is 1. The van der Waals surface area contributed by atoms with Crippen molar-refractivity contribution in [1.82, 2.24) is 15.5 Å². The van der Waals surface area contributed by atoms with Crippen LogP contribution in [0.5, 0.6) is 0 Å². The van der Waals surface area contributed by atoms with Gasteiger partial charge in [0.25, 0.3) is 0 Å². The fourth-order valence-electron chi connectivity index (χ4n) is 2.92. The van der Waals surface area contributed by atoms with E-state index in [9.17, 15) is 4.79 Å². The number of nitrogens with one attached hydrogen (secondary N) is 2. The van der Waals surface area contributed by atoms with Gasteiger partial charge in [-0.3, -0.25) is 9.79 Å². The van der Waals surface area contributed by atoms with Gasteiger partial charge in [0.05, 0.1) is 6.54 Å². The topological polar surface area (TPSA) is 56.7 Å². The molecule has 0 bridgehead atoms. The van der Waals surface area contributed by atoms with Crippen LogP contribution in [-0.2, 0) is 4.79 Å². The second kappa shape index (κ2) is 9.30. The Kier molecular flexibility index (Phi) is 7.09. The van der Waals surface area contributed by atoms with Crippen LogP contribution in [0.3, 0.4) is 0 Å². The highest BCUT2D eigenvalue weighted by molar-refractivity contribution is 5.80. The van der Waals surface area contributed by atoms with E-state index in [1.165, 1.54) is 5.56 Å². The van der Waals surface area contributed by atoms with E-state index in [4.69, 9.17) is 0 Å². The number of aliphatic imine (C=N–C) groups is 1. The molecular weight excluding hydrogens is 300 g/mol. The van der Waals surface area contributed by atoms with Gasteiger partial charge in [0.2, 0.25) is 5.91 Å². The van der Waals surface area contributed by atoms with Crippen LogP contribution < -0.4 is 10.6 Å². The van der Waals surface area contributed by atoms with Gasteiger partial charge >= 0.3 is 0 Å². The normalized spacial score (nSPS) is 18.1. The number of benzene rings is 1. The molecule has 2 rings (SSSR count). The van der Waals surface area contributed by atoms with Gasteiger partial charge in [0.15, 0.2) is 5.96 Å². The number of carbonyl (C=O) groups excluding carboxylic acids is 1. The summed E-state index contributed by atoms with van der Waals surface area (Å²) < 4.78 is 0. The fourth-order valence-corrected chi connectivity index (χ4v) is 2.92. The third-order valence-electron chi connectivity index (χ3n) is 4.29. The molecule has 1 aliphatic heterocycles. The zero-order chi connectivity index (χ0) is 17.4. The van der Waals surface area contributed by atoms with Gasteiger partial charge < -0.3 is 15.5 Å². The molecule has 1 atom stereocenters. The predicted octanol–water partition coefficient (Wildman–Crippen LogP) is 2.21. The number of rotatable bonds is 6. The van der Waals surface area contributed by atoms with Crippen LogP contribution in [0.15, 0.2) is 35.3 Å². The molecule has 132 valence electrons. The van der Waals surface area contributed by atoms with Crippen LogP contribution in [0.4, 0.5) is 0 Å². The lowest BCUT2D eigenvalue weighted by Crippen LogP contribution is -2.40. The van der Waals surface area contributed by atoms with Crippen molar-refractivity contribution in [3.63, 3.8) is 0 Å². The molecule has 5 heteroatoms. The minimum absolute atomic E-state index is 0.0208. The summed E-state index contributed by atoms with van der Waals surface area (Å²) in [6, 6.07) is 10.7. The molecule has 0 radical (unpaired) electrons. The monoisotopic (exact) mass is 330 g/mol. The standard InChI is InChI=1S/C19H30N4O/c1-4-20-19(22-12-11-21-18(24)15(2)3)23-13-10-17(14-23)16-8-6-5-7-9-16/h5-9,15,17H,4,10-14H2,1-3H3,(H,20,22)(H,21,24). The molecule has 1 unspecified atom stereocenters. The molecule has 1 aliphatic rings. The van der Waals surface area contributed by atoms with E-state index in [1.807, 2.05) is 13.8 Å². The van der Waals surface area contributed by atoms with E-state index in [2.05, 4.69) is 57.8 Å². The third-order valence-corrected chi connectivity index (χ3v) is 4.29. The van der Waals surface area contributed by atoms with Crippen molar-refractivity contribution in [3.8, 4) is 0 Å². The molecule has 1 amide bonds. The summed E-state index contributed by atoms with van der Waals surface area (Å²) >= 11 is 0. The third kappa shape index (κ3) is 5.25. The zero-order valence-corrected chi connectivity index (χ0v) is 15.1. The van der Waals surface area contributed by atoms with Gasteiger partial charge in [-0.15, -0.1) is 0 Å². The highest BCUT2D eigenvalue weighted by Crippen LogP contribution is 2.26. The van der Waals surface area contributed by atoms with Gasteiger partial charge in [-0.25, -0.2) is 0 Å². The molecule has 1 aromatic rings. The Balaban J connectivity index is 1.88. The molecule has 1 heterocycles. The second-order valence-corrected chi connectivity index (χ2v) is 6.52. The smallest absolute Gasteiger partial charge is 0.222 e. The van der Waals surface area contributed by atoms with Gasteiger partial charge in [-0.1, -0.05) is 44.2 Å². The van der Waals surface area contributed by atoms with Crippen LogP contribution in [0.1, 0.15) is 38.7 Å². The number of guanidine groups is 1. The Morgan fingerprint density at radius 1 is 1.29 bits per heavy atom.